The van der Waals surface area contributed by atoms with E-state index in [9.17, 15) is 0 Å². The maximum atomic E-state index is 6.39. The minimum Gasteiger partial charge on any atom is -0.245 e. The van der Waals surface area contributed by atoms with Crippen molar-refractivity contribution in [3.05, 3.63) is 131 Å². The summed E-state index contributed by atoms with van der Waals surface area (Å²) in [6.07, 6.45) is 1.79. The van der Waals surface area contributed by atoms with Gasteiger partial charge >= 0.3 is 0 Å². The number of pyridine rings is 1. The Labute approximate surface area is 208 Å². The minimum atomic E-state index is -0.722. The molecule has 5 aromatic rings. The van der Waals surface area contributed by atoms with Crippen LogP contribution in [0.3, 0.4) is 0 Å². The molecule has 32 heavy (non-hydrogen) atoms. The maximum absolute atomic E-state index is 6.39. The van der Waals surface area contributed by atoms with Gasteiger partial charge in [0.2, 0.25) is 0 Å². The molecule has 0 aliphatic carbocycles. The van der Waals surface area contributed by atoms with E-state index in [1.807, 2.05) is 24.3 Å². The van der Waals surface area contributed by atoms with Gasteiger partial charge in [-0.05, 0) is 16.7 Å². The van der Waals surface area contributed by atoms with Crippen LogP contribution in [0.2, 0.25) is 5.15 Å². The van der Waals surface area contributed by atoms with E-state index in [2.05, 4.69) is 114 Å². The Morgan fingerprint density at radius 3 is 1.66 bits per heavy atom. The van der Waals surface area contributed by atoms with Crippen LogP contribution in [0.4, 0.5) is 0 Å². The van der Waals surface area contributed by atoms with Crippen molar-refractivity contribution in [2.24, 2.45) is 0 Å². The summed E-state index contributed by atoms with van der Waals surface area (Å²) in [6.45, 7) is 0. The number of hydrogen-bond donors (Lipinski definition) is 0. The highest BCUT2D eigenvalue weighted by Gasteiger charge is 2.41. The van der Waals surface area contributed by atoms with Gasteiger partial charge in [0.25, 0.3) is 0 Å². The van der Waals surface area contributed by atoms with Gasteiger partial charge in [0.1, 0.15) is 14.4 Å². The highest BCUT2D eigenvalue weighted by molar-refractivity contribution is 9.24. The number of hydrogen-bond acceptors (Lipinski definition) is 2. The number of rotatable bonds is 5. The predicted molar refractivity (Wildman–Crippen MR) is 138 cm³/mol. The van der Waals surface area contributed by atoms with Gasteiger partial charge in [0.15, 0.2) is 0 Å². The van der Waals surface area contributed by atoms with Crippen molar-refractivity contribution < 1.29 is 0 Å². The smallest absolute Gasteiger partial charge is 0.138 e. The zero-order valence-electron chi connectivity index (χ0n) is 16.9. The van der Waals surface area contributed by atoms with Crippen molar-refractivity contribution in [2.45, 2.75) is 9.28 Å². The lowest BCUT2D eigenvalue weighted by Crippen LogP contribution is -2.38. The molecule has 0 aliphatic rings. The third-order valence-corrected chi connectivity index (χ3v) is 6.73. The number of halogens is 3. The Bertz CT molecular complexity index is 1260. The van der Waals surface area contributed by atoms with Crippen LogP contribution in [-0.2, 0) is 5.54 Å². The molecule has 0 aliphatic heterocycles. The van der Waals surface area contributed by atoms with Crippen molar-refractivity contribution in [3.63, 3.8) is 0 Å². The molecular formula is C26H18Br2ClN3. The van der Waals surface area contributed by atoms with E-state index in [0.717, 1.165) is 33.3 Å². The lowest BCUT2D eigenvalue weighted by atomic mass is 9.77. The summed E-state index contributed by atoms with van der Waals surface area (Å²) >= 11 is 13.7. The van der Waals surface area contributed by atoms with Crippen LogP contribution in [0.15, 0.2) is 103 Å². The Morgan fingerprint density at radius 2 is 1.22 bits per heavy atom. The van der Waals surface area contributed by atoms with Crippen LogP contribution in [0.5, 0.6) is 0 Å². The highest BCUT2D eigenvalue weighted by atomic mass is 79.9. The molecule has 3 aromatic carbocycles. The Morgan fingerprint density at radius 1 is 0.750 bits per heavy atom. The number of aromatic nitrogens is 3. The van der Waals surface area contributed by atoms with Gasteiger partial charge in [-0.25, -0.2) is 9.67 Å². The molecular weight excluding hydrogens is 550 g/mol. The zero-order valence-corrected chi connectivity index (χ0v) is 20.8. The van der Waals surface area contributed by atoms with Crippen molar-refractivity contribution in [1.82, 2.24) is 14.8 Å². The fraction of sp³-hybridized carbons (Fsp3) is 0.0769. The molecule has 0 saturated carbocycles. The van der Waals surface area contributed by atoms with E-state index < -0.39 is 5.54 Å². The molecule has 0 fully saturated rings. The third-order valence-electron chi connectivity index (χ3n) is 5.66. The normalized spacial score (nSPS) is 11.9. The van der Waals surface area contributed by atoms with Crippen molar-refractivity contribution in [3.8, 4) is 0 Å². The molecule has 0 amide bonds. The van der Waals surface area contributed by atoms with Crippen molar-refractivity contribution in [1.29, 1.82) is 0 Å². The molecule has 6 heteroatoms. The second kappa shape index (κ2) is 8.81. The molecule has 5 rings (SSSR count). The van der Waals surface area contributed by atoms with Crippen LogP contribution in [0.25, 0.3) is 10.9 Å². The van der Waals surface area contributed by atoms with Crippen molar-refractivity contribution >= 4 is 54.4 Å². The van der Waals surface area contributed by atoms with Gasteiger partial charge < -0.3 is 0 Å². The highest BCUT2D eigenvalue weighted by Crippen LogP contribution is 2.44. The van der Waals surface area contributed by atoms with E-state index in [0.29, 0.717) is 5.15 Å². The molecule has 3 nitrogen and oxygen atoms in total. The molecule has 0 radical (unpaired) electrons. The fourth-order valence-electron chi connectivity index (χ4n) is 4.33. The first kappa shape index (κ1) is 21.4. The van der Waals surface area contributed by atoms with Crippen LogP contribution < -0.4 is 0 Å². The molecule has 0 bridgehead atoms. The van der Waals surface area contributed by atoms with E-state index in [-0.39, 0.29) is 3.74 Å². The summed E-state index contributed by atoms with van der Waals surface area (Å²) in [6, 6.07) is 33.3. The maximum Gasteiger partial charge on any atom is 0.138 e. The summed E-state index contributed by atoms with van der Waals surface area (Å²) in [5.74, 6) is 0. The van der Waals surface area contributed by atoms with E-state index in [1.165, 1.54) is 0 Å². The monoisotopic (exact) mass is 565 g/mol. The summed E-state index contributed by atoms with van der Waals surface area (Å²) < 4.78 is 1.95. The van der Waals surface area contributed by atoms with Crippen LogP contribution in [0.1, 0.15) is 26.1 Å². The van der Waals surface area contributed by atoms with Gasteiger partial charge in [0, 0.05) is 17.6 Å². The van der Waals surface area contributed by atoms with Gasteiger partial charge in [-0.15, -0.1) is 0 Å². The molecule has 0 spiro atoms. The molecule has 0 atom stereocenters. The molecule has 0 saturated heterocycles. The third kappa shape index (κ3) is 3.49. The Hall–Kier alpha value is -2.47. The predicted octanol–water partition coefficient (Wildman–Crippen LogP) is 7.71. The van der Waals surface area contributed by atoms with Gasteiger partial charge in [-0.3, -0.25) is 0 Å². The number of alkyl halides is 2. The Balaban J connectivity index is 2.00. The SMILES string of the molecule is Clc1cc2c(cn1)c(C(Br)Br)nn2C(c1ccccc1)(c1ccccc1)c1ccccc1. The minimum absolute atomic E-state index is 0.137. The average Bonchev–Trinajstić information content (AvgIpc) is 3.21. The summed E-state index contributed by atoms with van der Waals surface area (Å²) in [4.78, 5) is 4.33. The van der Waals surface area contributed by atoms with E-state index in [1.54, 1.807) is 6.20 Å². The Kier molecular flexibility index (Phi) is 5.89. The summed E-state index contributed by atoms with van der Waals surface area (Å²) in [5.41, 5.74) is 4.32. The lowest BCUT2D eigenvalue weighted by molar-refractivity contribution is 0.473. The van der Waals surface area contributed by atoms with Crippen LogP contribution in [-0.4, -0.2) is 14.8 Å². The first-order valence-electron chi connectivity index (χ1n) is 10.1. The van der Waals surface area contributed by atoms with Crippen LogP contribution in [0, 0.1) is 0 Å². The number of nitrogens with zero attached hydrogens (tertiary/aromatic N) is 3. The average molecular weight is 568 g/mol. The lowest BCUT2D eigenvalue weighted by Gasteiger charge is -2.37. The topological polar surface area (TPSA) is 30.7 Å². The quantitative estimate of drug-likeness (QED) is 0.124. The number of benzene rings is 3. The molecule has 2 aromatic heterocycles. The molecule has 2 heterocycles. The van der Waals surface area contributed by atoms with Gasteiger partial charge in [-0.1, -0.05) is 134 Å². The second-order valence-corrected chi connectivity index (χ2v) is 10.9. The van der Waals surface area contributed by atoms with E-state index in [4.69, 9.17) is 16.7 Å². The van der Waals surface area contributed by atoms with Crippen molar-refractivity contribution in [2.75, 3.05) is 0 Å². The largest absolute Gasteiger partial charge is 0.245 e. The first-order chi connectivity index (χ1) is 15.6. The first-order valence-corrected chi connectivity index (χ1v) is 12.3. The summed E-state index contributed by atoms with van der Waals surface area (Å²) in [7, 11) is 0. The van der Waals surface area contributed by atoms with Gasteiger partial charge in [0.05, 0.1) is 11.2 Å². The van der Waals surface area contributed by atoms with Crippen LogP contribution >= 0.6 is 43.5 Å². The number of fused-ring (bicyclic) bond motifs is 1. The second-order valence-electron chi connectivity index (χ2n) is 7.43. The standard InChI is InChI=1S/C26H18Br2ClN3/c27-25(28)24-21-17-30-23(29)16-22(21)32(31-24)26(18-10-4-1-5-11-18,19-12-6-2-7-13-19)20-14-8-3-9-15-20/h1-17,25H. The molecule has 0 N–H and O–H groups in total. The fourth-order valence-corrected chi connectivity index (χ4v) is 5.16. The molecule has 158 valence electrons. The zero-order chi connectivity index (χ0) is 22.1. The van der Waals surface area contributed by atoms with Gasteiger partial charge in [-0.2, -0.15) is 5.10 Å². The summed E-state index contributed by atoms with van der Waals surface area (Å²) in [5, 5.41) is 6.51. The van der Waals surface area contributed by atoms with E-state index >= 15 is 0 Å². The molecule has 0 unspecified atom stereocenters.